The molecule has 1 aromatic carbocycles. The summed E-state index contributed by atoms with van der Waals surface area (Å²) in [5, 5.41) is 10.4. The second-order valence-electron chi connectivity index (χ2n) is 5.13. The van der Waals surface area contributed by atoms with Gasteiger partial charge in [0.15, 0.2) is 0 Å². The van der Waals surface area contributed by atoms with Gasteiger partial charge < -0.3 is 19.2 Å². The normalized spacial score (nSPS) is 11.0. The second-order valence-corrected chi connectivity index (χ2v) is 5.92. The van der Waals surface area contributed by atoms with E-state index in [2.05, 4.69) is 15.9 Å². The molecule has 25 heavy (non-hydrogen) atoms. The van der Waals surface area contributed by atoms with Crippen molar-refractivity contribution in [1.82, 2.24) is 4.57 Å². The molecule has 8 heteroatoms. The van der Waals surface area contributed by atoms with E-state index in [0.29, 0.717) is 5.69 Å². The number of carbonyl (C=O) groups excluding carboxylic acids is 1. The van der Waals surface area contributed by atoms with E-state index in [4.69, 9.17) is 4.74 Å². The number of carboxylic acids is 1. The molecular weight excluding hydrogens is 400 g/mol. The predicted octanol–water partition coefficient (Wildman–Crippen LogP) is 2.08. The summed E-state index contributed by atoms with van der Waals surface area (Å²) >= 11 is 3.12. The van der Waals surface area contributed by atoms with Crippen molar-refractivity contribution in [2.75, 3.05) is 0 Å². The van der Waals surface area contributed by atoms with Crippen LogP contribution in [0.4, 0.5) is 8.78 Å². The van der Waals surface area contributed by atoms with Gasteiger partial charge >= 0.3 is 0 Å². The summed E-state index contributed by atoms with van der Waals surface area (Å²) in [5.41, 5.74) is 0.232. The summed E-state index contributed by atoms with van der Waals surface area (Å²) in [7, 11) is 0. The number of aliphatic carboxylic acids is 1. The number of pyridine rings is 1. The monoisotopic (exact) mass is 412 g/mol. The Kier molecular flexibility index (Phi) is 6.08. The number of carbonyl (C=O) groups is 1. The minimum Gasteiger partial charge on any atom is -0.545 e. The van der Waals surface area contributed by atoms with Crippen LogP contribution in [-0.4, -0.2) is 10.5 Å². The molecule has 0 fully saturated rings. The number of allylic oxidation sites excluding steroid dienone is 1. The number of nitrogens with zero attached hydrogens (tertiary/aromatic N) is 1. The van der Waals surface area contributed by atoms with Gasteiger partial charge in [0.2, 0.25) is 0 Å². The van der Waals surface area contributed by atoms with Crippen LogP contribution in [0.25, 0.3) is 0 Å². The molecule has 0 unspecified atom stereocenters. The molecule has 2 rings (SSSR count). The maximum Gasteiger partial charge on any atom is 0.269 e. The lowest BCUT2D eigenvalue weighted by atomic mass is 10.2. The van der Waals surface area contributed by atoms with Gasteiger partial charge in [0.25, 0.3) is 5.56 Å². The molecule has 132 valence electrons. The topological polar surface area (TPSA) is 71.4 Å². The van der Waals surface area contributed by atoms with E-state index >= 15 is 0 Å². The van der Waals surface area contributed by atoms with Gasteiger partial charge in [-0.3, -0.25) is 4.79 Å². The molecule has 1 aromatic heterocycles. The second kappa shape index (κ2) is 8.06. The van der Waals surface area contributed by atoms with E-state index in [1.54, 1.807) is 13.0 Å². The molecule has 2 aromatic rings. The van der Waals surface area contributed by atoms with Gasteiger partial charge in [-0.2, -0.15) is 0 Å². The number of aromatic nitrogens is 1. The molecule has 0 aliphatic carbocycles. The predicted molar refractivity (Wildman–Crippen MR) is 88.0 cm³/mol. The SMILES string of the molecule is Cc1cc(OCc2ccc(F)cc2F)c(Br)c(=O)n1C/C=C/C(=O)[O-]. The van der Waals surface area contributed by atoms with Gasteiger partial charge in [0.05, 0.1) is 5.97 Å². The van der Waals surface area contributed by atoms with E-state index in [1.807, 2.05) is 0 Å². The molecule has 0 atom stereocenters. The zero-order valence-corrected chi connectivity index (χ0v) is 14.7. The van der Waals surface area contributed by atoms with E-state index < -0.39 is 23.2 Å². The minimum atomic E-state index is -1.36. The summed E-state index contributed by atoms with van der Waals surface area (Å²) in [4.78, 5) is 22.7. The first-order valence-electron chi connectivity index (χ1n) is 7.13. The third-order valence-electron chi connectivity index (χ3n) is 3.36. The Bertz CT molecular complexity index is 893. The van der Waals surface area contributed by atoms with Gasteiger partial charge in [0, 0.05) is 29.9 Å². The fraction of sp³-hybridized carbons (Fsp3) is 0.176. The van der Waals surface area contributed by atoms with Crippen LogP contribution in [0.2, 0.25) is 0 Å². The average molecular weight is 413 g/mol. The number of aryl methyl sites for hydroxylation is 1. The van der Waals surface area contributed by atoms with Crippen LogP contribution >= 0.6 is 15.9 Å². The summed E-state index contributed by atoms with van der Waals surface area (Å²) in [6.07, 6.45) is 2.12. The van der Waals surface area contributed by atoms with Crippen LogP contribution < -0.4 is 15.4 Å². The largest absolute Gasteiger partial charge is 0.545 e. The third-order valence-corrected chi connectivity index (χ3v) is 4.09. The van der Waals surface area contributed by atoms with Gasteiger partial charge in [0.1, 0.15) is 28.5 Å². The van der Waals surface area contributed by atoms with Crippen molar-refractivity contribution in [3.63, 3.8) is 0 Å². The highest BCUT2D eigenvalue weighted by molar-refractivity contribution is 9.10. The van der Waals surface area contributed by atoms with E-state index in [9.17, 15) is 23.5 Å². The molecule has 0 saturated carbocycles. The summed E-state index contributed by atoms with van der Waals surface area (Å²) in [5.74, 6) is -2.59. The smallest absolute Gasteiger partial charge is 0.269 e. The molecule has 0 saturated heterocycles. The molecule has 1 heterocycles. The Hall–Kier alpha value is -2.48. The number of benzene rings is 1. The van der Waals surface area contributed by atoms with E-state index in [0.717, 1.165) is 18.2 Å². The van der Waals surface area contributed by atoms with Crippen LogP contribution in [-0.2, 0) is 17.9 Å². The fourth-order valence-corrected chi connectivity index (χ4v) is 2.54. The van der Waals surface area contributed by atoms with Crippen molar-refractivity contribution in [2.45, 2.75) is 20.1 Å². The van der Waals surface area contributed by atoms with Crippen molar-refractivity contribution in [3.05, 3.63) is 74.1 Å². The number of hydrogen-bond acceptors (Lipinski definition) is 4. The highest BCUT2D eigenvalue weighted by Gasteiger charge is 2.12. The van der Waals surface area contributed by atoms with Crippen LogP contribution in [0, 0.1) is 18.6 Å². The third kappa shape index (κ3) is 4.76. The lowest BCUT2D eigenvalue weighted by molar-refractivity contribution is -0.297. The Morgan fingerprint density at radius 1 is 1.36 bits per heavy atom. The molecule has 0 N–H and O–H groups in total. The maximum atomic E-state index is 13.6. The minimum absolute atomic E-state index is 0.0458. The quantitative estimate of drug-likeness (QED) is 0.681. The first kappa shape index (κ1) is 18.9. The van der Waals surface area contributed by atoms with Gasteiger partial charge in [-0.05, 0) is 41.1 Å². The van der Waals surface area contributed by atoms with Crippen LogP contribution in [0.1, 0.15) is 11.3 Å². The Morgan fingerprint density at radius 2 is 2.08 bits per heavy atom. The molecule has 0 spiro atoms. The number of rotatable bonds is 6. The Labute approximate surface area is 150 Å². The number of hydrogen-bond donors (Lipinski definition) is 0. The highest BCUT2D eigenvalue weighted by atomic mass is 79.9. The standard InChI is InChI=1S/C17H14BrF2NO4/c1-10-7-14(25-9-11-4-5-12(19)8-13(11)20)16(18)17(24)21(10)6-2-3-15(22)23/h2-5,7-8H,6,9H2,1H3,(H,22,23)/p-1/b3-2+. The van der Waals surface area contributed by atoms with Crippen molar-refractivity contribution < 1.29 is 23.4 Å². The lowest BCUT2D eigenvalue weighted by Gasteiger charge is -2.13. The van der Waals surface area contributed by atoms with Crippen molar-refractivity contribution in [3.8, 4) is 5.75 Å². The molecule has 0 bridgehead atoms. The Balaban J connectivity index is 2.22. The molecule has 5 nitrogen and oxygen atoms in total. The molecule has 0 aliphatic heterocycles. The van der Waals surface area contributed by atoms with Crippen molar-refractivity contribution in [2.24, 2.45) is 0 Å². The molecule has 0 aliphatic rings. The number of ether oxygens (including phenoxy) is 1. The summed E-state index contributed by atoms with van der Waals surface area (Å²) < 4.78 is 33.4. The van der Waals surface area contributed by atoms with Gasteiger partial charge in [-0.15, -0.1) is 0 Å². The summed E-state index contributed by atoms with van der Waals surface area (Å²) in [6, 6.07) is 4.68. The maximum absolute atomic E-state index is 13.6. The molecular formula is C17H13BrF2NO4-. The van der Waals surface area contributed by atoms with Crippen LogP contribution in [0.15, 0.2) is 45.7 Å². The zero-order chi connectivity index (χ0) is 18.6. The van der Waals surface area contributed by atoms with E-state index in [1.165, 1.54) is 16.7 Å². The fourth-order valence-electron chi connectivity index (χ4n) is 2.10. The molecule has 0 radical (unpaired) electrons. The Morgan fingerprint density at radius 3 is 2.72 bits per heavy atom. The van der Waals surface area contributed by atoms with E-state index in [-0.39, 0.29) is 28.9 Å². The lowest BCUT2D eigenvalue weighted by Crippen LogP contribution is -2.24. The highest BCUT2D eigenvalue weighted by Crippen LogP contribution is 2.24. The first-order valence-corrected chi connectivity index (χ1v) is 7.93. The first-order chi connectivity index (χ1) is 11.8. The van der Waals surface area contributed by atoms with Gasteiger partial charge in [-0.25, -0.2) is 8.78 Å². The average Bonchev–Trinajstić information content (AvgIpc) is 2.54. The number of carboxylic acid groups (broad SMARTS) is 1. The van der Waals surface area contributed by atoms with Gasteiger partial charge in [-0.1, -0.05) is 6.08 Å². The van der Waals surface area contributed by atoms with Crippen LogP contribution in [0.5, 0.6) is 5.75 Å². The van der Waals surface area contributed by atoms with Crippen molar-refractivity contribution >= 4 is 21.9 Å². The zero-order valence-electron chi connectivity index (χ0n) is 13.1. The van der Waals surface area contributed by atoms with Crippen molar-refractivity contribution in [1.29, 1.82) is 0 Å². The van der Waals surface area contributed by atoms with Crippen LogP contribution in [0.3, 0.4) is 0 Å². The molecule has 0 amide bonds. The summed E-state index contributed by atoms with van der Waals surface area (Å²) in [6.45, 7) is 1.51. The number of halogens is 3.